The summed E-state index contributed by atoms with van der Waals surface area (Å²) in [5.41, 5.74) is 0.457. The van der Waals surface area contributed by atoms with E-state index in [1.807, 2.05) is 14.0 Å². The number of carbonyl (C=O) groups is 1. The first kappa shape index (κ1) is 11.8. The smallest absolute Gasteiger partial charge is 0.256 e. The van der Waals surface area contributed by atoms with Crippen molar-refractivity contribution < 1.29 is 9.21 Å². The molecule has 17 heavy (non-hydrogen) atoms. The Kier molecular flexibility index (Phi) is 3.28. The molecule has 2 rings (SSSR count). The molecule has 2 heterocycles. The molecule has 0 aliphatic carbocycles. The number of carbonyl (C=O) groups excluding carboxylic acids is 1. The highest BCUT2D eigenvalue weighted by Crippen LogP contribution is 2.18. The average Bonchev–Trinajstić information content (AvgIpc) is 2.86. The van der Waals surface area contributed by atoms with E-state index < -0.39 is 0 Å². The normalized spacial score (nSPS) is 12.4. The zero-order valence-electron chi connectivity index (χ0n) is 9.35. The predicted molar refractivity (Wildman–Crippen MR) is 63.3 cm³/mol. The molecule has 1 amide bonds. The molecule has 1 N–H and O–H groups in total. The van der Waals surface area contributed by atoms with E-state index in [1.54, 1.807) is 17.0 Å². The van der Waals surface area contributed by atoms with Gasteiger partial charge in [0.2, 0.25) is 0 Å². The van der Waals surface area contributed by atoms with Crippen LogP contribution in [0.25, 0.3) is 0 Å². The zero-order chi connectivity index (χ0) is 12.4. The number of aryl methyl sites for hydroxylation is 1. The Morgan fingerprint density at radius 2 is 2.41 bits per heavy atom. The summed E-state index contributed by atoms with van der Waals surface area (Å²) in [6.07, 6.45) is 3.04. The van der Waals surface area contributed by atoms with E-state index in [-0.39, 0.29) is 11.9 Å². The second kappa shape index (κ2) is 4.70. The van der Waals surface area contributed by atoms with Gasteiger partial charge in [0.25, 0.3) is 5.91 Å². The molecule has 0 aromatic carbocycles. The van der Waals surface area contributed by atoms with E-state index in [0.29, 0.717) is 16.1 Å². The highest BCUT2D eigenvalue weighted by molar-refractivity contribution is 9.10. The first-order valence-electron chi connectivity index (χ1n) is 4.97. The number of rotatable bonds is 3. The molecular weight excluding hydrogens is 288 g/mol. The lowest BCUT2D eigenvalue weighted by atomic mass is 10.2. The molecule has 7 heteroatoms. The van der Waals surface area contributed by atoms with Crippen molar-refractivity contribution in [1.82, 2.24) is 20.1 Å². The Bertz CT molecular complexity index is 534. The van der Waals surface area contributed by atoms with Gasteiger partial charge < -0.3 is 14.3 Å². The fourth-order valence-electron chi connectivity index (χ4n) is 1.48. The topological polar surface area (TPSA) is 73.0 Å². The second-order valence-corrected chi connectivity index (χ2v) is 4.32. The van der Waals surface area contributed by atoms with Crippen molar-refractivity contribution in [2.75, 3.05) is 0 Å². The lowest BCUT2D eigenvalue weighted by Crippen LogP contribution is -2.28. The van der Waals surface area contributed by atoms with E-state index in [0.717, 1.165) is 0 Å². The number of hydrogen-bond donors (Lipinski definition) is 1. The zero-order valence-corrected chi connectivity index (χ0v) is 10.9. The number of aromatic nitrogens is 3. The van der Waals surface area contributed by atoms with Crippen LogP contribution < -0.4 is 5.32 Å². The maximum absolute atomic E-state index is 11.9. The third kappa shape index (κ3) is 2.38. The molecule has 0 radical (unpaired) electrons. The Morgan fingerprint density at radius 3 is 2.94 bits per heavy atom. The van der Waals surface area contributed by atoms with Gasteiger partial charge in [0, 0.05) is 7.05 Å². The van der Waals surface area contributed by atoms with Gasteiger partial charge in [0.15, 0.2) is 10.5 Å². The molecule has 90 valence electrons. The monoisotopic (exact) mass is 298 g/mol. The summed E-state index contributed by atoms with van der Waals surface area (Å²) >= 11 is 3.16. The van der Waals surface area contributed by atoms with Gasteiger partial charge in [0.1, 0.15) is 6.33 Å². The minimum atomic E-state index is -0.225. The van der Waals surface area contributed by atoms with E-state index in [1.165, 1.54) is 6.26 Å². The number of furan rings is 1. The van der Waals surface area contributed by atoms with Crippen LogP contribution in [0.1, 0.15) is 29.1 Å². The van der Waals surface area contributed by atoms with Gasteiger partial charge in [-0.1, -0.05) is 0 Å². The Labute approximate surface area is 106 Å². The number of halogens is 1. The molecule has 6 nitrogen and oxygen atoms in total. The lowest BCUT2D eigenvalue weighted by molar-refractivity contribution is 0.0936. The van der Waals surface area contributed by atoms with Crippen LogP contribution in [0.5, 0.6) is 0 Å². The largest absolute Gasteiger partial charge is 0.457 e. The van der Waals surface area contributed by atoms with Gasteiger partial charge in [0.05, 0.1) is 17.9 Å². The summed E-state index contributed by atoms with van der Waals surface area (Å²) in [5.74, 6) is 0.471. The van der Waals surface area contributed by atoms with Crippen LogP contribution in [0.15, 0.2) is 27.7 Å². The fourth-order valence-corrected chi connectivity index (χ4v) is 1.90. The van der Waals surface area contributed by atoms with Gasteiger partial charge in [-0.3, -0.25) is 4.79 Å². The number of nitrogens with one attached hydrogen (secondary N) is 1. The molecule has 1 atom stereocenters. The number of nitrogens with zero attached hydrogens (tertiary/aromatic N) is 3. The van der Waals surface area contributed by atoms with Crippen LogP contribution in [0.3, 0.4) is 0 Å². The summed E-state index contributed by atoms with van der Waals surface area (Å²) in [7, 11) is 1.83. The molecule has 0 aliphatic rings. The van der Waals surface area contributed by atoms with Crippen molar-refractivity contribution in [3.05, 3.63) is 34.7 Å². The maximum Gasteiger partial charge on any atom is 0.256 e. The van der Waals surface area contributed by atoms with Crippen molar-refractivity contribution in [1.29, 1.82) is 0 Å². The molecule has 0 saturated carbocycles. The Balaban J connectivity index is 2.10. The van der Waals surface area contributed by atoms with E-state index in [2.05, 4.69) is 31.4 Å². The van der Waals surface area contributed by atoms with Crippen molar-refractivity contribution in [2.24, 2.45) is 7.05 Å². The van der Waals surface area contributed by atoms with Gasteiger partial charge >= 0.3 is 0 Å². The molecule has 0 spiro atoms. The van der Waals surface area contributed by atoms with Crippen molar-refractivity contribution in [2.45, 2.75) is 13.0 Å². The van der Waals surface area contributed by atoms with Crippen molar-refractivity contribution >= 4 is 21.8 Å². The molecule has 2 aromatic heterocycles. The van der Waals surface area contributed by atoms with E-state index in [9.17, 15) is 4.79 Å². The van der Waals surface area contributed by atoms with Crippen LogP contribution >= 0.6 is 15.9 Å². The van der Waals surface area contributed by atoms with Gasteiger partial charge in [-0.2, -0.15) is 0 Å². The number of hydrogen-bond acceptors (Lipinski definition) is 4. The first-order chi connectivity index (χ1) is 8.09. The third-order valence-electron chi connectivity index (χ3n) is 2.34. The summed E-state index contributed by atoms with van der Waals surface area (Å²) in [6, 6.07) is 1.37. The summed E-state index contributed by atoms with van der Waals surface area (Å²) in [6.45, 7) is 1.84. The van der Waals surface area contributed by atoms with Crippen LogP contribution in [-0.2, 0) is 7.05 Å². The Hall–Kier alpha value is -1.63. The van der Waals surface area contributed by atoms with Crippen LogP contribution in [0.4, 0.5) is 0 Å². The van der Waals surface area contributed by atoms with Crippen molar-refractivity contribution in [3.63, 3.8) is 0 Å². The summed E-state index contributed by atoms with van der Waals surface area (Å²) in [5, 5.41) is 10.5. The molecular formula is C10H11BrN4O2. The second-order valence-electron chi connectivity index (χ2n) is 3.60. The van der Waals surface area contributed by atoms with Crippen LogP contribution in [0, 0.1) is 0 Å². The summed E-state index contributed by atoms with van der Waals surface area (Å²) < 4.78 is 7.18. The molecule has 0 aliphatic heterocycles. The van der Waals surface area contributed by atoms with E-state index in [4.69, 9.17) is 4.42 Å². The van der Waals surface area contributed by atoms with Crippen LogP contribution in [0.2, 0.25) is 0 Å². The average molecular weight is 299 g/mol. The minimum Gasteiger partial charge on any atom is -0.457 e. The lowest BCUT2D eigenvalue weighted by Gasteiger charge is -2.12. The maximum atomic E-state index is 11.9. The van der Waals surface area contributed by atoms with Gasteiger partial charge in [-0.25, -0.2) is 0 Å². The number of amides is 1. The standard InChI is InChI=1S/C10H11BrN4O2/c1-6(9-14-12-5-15(9)2)13-10(16)7-3-4-17-8(7)11/h3-6H,1-2H3,(H,13,16). The quantitative estimate of drug-likeness (QED) is 0.935. The molecule has 0 fully saturated rings. The summed E-state index contributed by atoms with van der Waals surface area (Å²) in [4.78, 5) is 11.9. The van der Waals surface area contributed by atoms with E-state index >= 15 is 0 Å². The predicted octanol–water partition coefficient (Wildman–Crippen LogP) is 1.66. The molecule has 0 saturated heterocycles. The fraction of sp³-hybridized carbons (Fsp3) is 0.300. The van der Waals surface area contributed by atoms with Crippen LogP contribution in [-0.4, -0.2) is 20.7 Å². The Morgan fingerprint density at radius 1 is 1.65 bits per heavy atom. The molecule has 1 unspecified atom stereocenters. The van der Waals surface area contributed by atoms with Gasteiger partial charge in [-0.05, 0) is 28.9 Å². The van der Waals surface area contributed by atoms with Crippen molar-refractivity contribution in [3.8, 4) is 0 Å². The van der Waals surface area contributed by atoms with Gasteiger partial charge in [-0.15, -0.1) is 10.2 Å². The molecule has 0 bridgehead atoms. The highest BCUT2D eigenvalue weighted by atomic mass is 79.9. The SMILES string of the molecule is CC(NC(=O)c1ccoc1Br)c1nncn1C. The first-order valence-corrected chi connectivity index (χ1v) is 5.76. The molecule has 2 aromatic rings. The minimum absolute atomic E-state index is 0.221. The highest BCUT2D eigenvalue weighted by Gasteiger charge is 2.18. The third-order valence-corrected chi connectivity index (χ3v) is 2.96.